The predicted molar refractivity (Wildman–Crippen MR) is 59.1 cm³/mol. The third-order valence-electron chi connectivity index (χ3n) is 1.96. The Kier molecular flexibility index (Phi) is 3.15. The Morgan fingerprint density at radius 1 is 1.29 bits per heavy atom. The van der Waals surface area contributed by atoms with Gasteiger partial charge >= 0.3 is 0 Å². The second kappa shape index (κ2) is 4.75. The molecule has 0 aliphatic carbocycles. The summed E-state index contributed by atoms with van der Waals surface area (Å²) in [6, 6.07) is 6.26. The molecular weight excluding hydrogens is 246 g/mol. The number of hydrogen-bond donors (Lipinski definition) is 1. The number of benzene rings is 1. The molecule has 1 heterocycles. The van der Waals surface area contributed by atoms with E-state index in [0.717, 1.165) is 0 Å². The van der Waals surface area contributed by atoms with E-state index in [1.807, 2.05) is 0 Å². The van der Waals surface area contributed by atoms with E-state index in [-0.39, 0.29) is 11.5 Å². The molecule has 86 valence electrons. The number of carbonyl (C=O) groups excluding carboxylic acids is 2. The van der Waals surface area contributed by atoms with Gasteiger partial charge in [0.05, 0.1) is 0 Å². The summed E-state index contributed by atoms with van der Waals surface area (Å²) in [6.45, 7) is 0. The first-order chi connectivity index (χ1) is 8.20. The zero-order chi connectivity index (χ0) is 12.3. The smallest absolute Gasteiger partial charge is 0.256 e. The fourth-order valence-corrected chi connectivity index (χ4v) is 1.27. The summed E-state index contributed by atoms with van der Waals surface area (Å²) in [6.07, 6.45) is 0.438. The van der Waals surface area contributed by atoms with E-state index >= 15 is 0 Å². The molecule has 7 heteroatoms. The van der Waals surface area contributed by atoms with E-state index in [1.54, 1.807) is 24.3 Å². The van der Waals surface area contributed by atoms with Crippen LogP contribution in [0.5, 0.6) is 0 Å². The van der Waals surface area contributed by atoms with Gasteiger partial charge in [-0.2, -0.15) is 0 Å². The lowest BCUT2D eigenvalue weighted by atomic mass is 10.2. The van der Waals surface area contributed by atoms with Gasteiger partial charge in [0.25, 0.3) is 5.91 Å². The van der Waals surface area contributed by atoms with Crippen molar-refractivity contribution in [2.75, 3.05) is 5.32 Å². The SMILES string of the molecule is O=Cc1nonc1NC(=O)c1ccc(Cl)cc1. The zero-order valence-corrected chi connectivity index (χ0v) is 9.14. The van der Waals surface area contributed by atoms with Crippen molar-refractivity contribution in [1.29, 1.82) is 0 Å². The molecule has 0 unspecified atom stereocenters. The lowest BCUT2D eigenvalue weighted by Gasteiger charge is -2.01. The van der Waals surface area contributed by atoms with Crippen molar-refractivity contribution in [3.05, 3.63) is 40.5 Å². The quantitative estimate of drug-likeness (QED) is 0.841. The van der Waals surface area contributed by atoms with Crippen LogP contribution < -0.4 is 5.32 Å². The van der Waals surface area contributed by atoms with E-state index in [4.69, 9.17) is 11.6 Å². The maximum Gasteiger partial charge on any atom is 0.256 e. The van der Waals surface area contributed by atoms with Gasteiger partial charge in [0.15, 0.2) is 12.0 Å². The minimum atomic E-state index is -0.430. The molecule has 0 saturated heterocycles. The fourth-order valence-electron chi connectivity index (χ4n) is 1.14. The number of amides is 1. The summed E-state index contributed by atoms with van der Waals surface area (Å²) >= 11 is 5.69. The number of hydrogen-bond acceptors (Lipinski definition) is 5. The molecule has 0 aliphatic rings. The summed E-state index contributed by atoms with van der Waals surface area (Å²) in [5, 5.41) is 9.62. The molecule has 1 N–H and O–H groups in total. The monoisotopic (exact) mass is 251 g/mol. The maximum absolute atomic E-state index is 11.7. The Labute approximate surface area is 101 Å². The number of halogens is 1. The normalized spacial score (nSPS) is 9.94. The average Bonchev–Trinajstić information content (AvgIpc) is 2.77. The number of carbonyl (C=O) groups is 2. The van der Waals surface area contributed by atoms with Crippen molar-refractivity contribution < 1.29 is 14.2 Å². The molecule has 0 radical (unpaired) electrons. The van der Waals surface area contributed by atoms with E-state index in [0.29, 0.717) is 16.9 Å². The number of aldehydes is 1. The van der Waals surface area contributed by atoms with E-state index < -0.39 is 5.91 Å². The number of aromatic nitrogens is 2. The van der Waals surface area contributed by atoms with Crippen LogP contribution in [-0.4, -0.2) is 22.5 Å². The largest absolute Gasteiger partial charge is 0.302 e. The summed E-state index contributed by atoms with van der Waals surface area (Å²) < 4.78 is 4.33. The summed E-state index contributed by atoms with van der Waals surface area (Å²) in [7, 11) is 0. The van der Waals surface area contributed by atoms with Gasteiger partial charge in [-0.1, -0.05) is 11.6 Å². The van der Waals surface area contributed by atoms with Crippen LogP contribution in [0.25, 0.3) is 0 Å². The first kappa shape index (κ1) is 11.3. The lowest BCUT2D eigenvalue weighted by molar-refractivity contribution is 0.102. The molecule has 17 heavy (non-hydrogen) atoms. The van der Waals surface area contributed by atoms with Gasteiger partial charge in [0, 0.05) is 10.6 Å². The highest BCUT2D eigenvalue weighted by molar-refractivity contribution is 6.30. The first-order valence-electron chi connectivity index (χ1n) is 4.55. The molecular formula is C10H6ClN3O3. The highest BCUT2D eigenvalue weighted by atomic mass is 35.5. The van der Waals surface area contributed by atoms with Crippen molar-refractivity contribution >= 4 is 29.6 Å². The van der Waals surface area contributed by atoms with Crippen LogP contribution in [0.3, 0.4) is 0 Å². The highest BCUT2D eigenvalue weighted by Gasteiger charge is 2.13. The second-order valence-corrected chi connectivity index (χ2v) is 3.51. The molecule has 0 aliphatic heterocycles. The molecule has 0 bridgehead atoms. The fraction of sp³-hybridized carbons (Fsp3) is 0. The van der Waals surface area contributed by atoms with Crippen LogP contribution in [0.4, 0.5) is 5.82 Å². The molecule has 2 aromatic rings. The Morgan fingerprint density at radius 2 is 2.00 bits per heavy atom. The first-order valence-corrected chi connectivity index (χ1v) is 4.93. The van der Waals surface area contributed by atoms with Gasteiger partial charge in [-0.25, -0.2) is 4.63 Å². The summed E-state index contributed by atoms with van der Waals surface area (Å²) in [4.78, 5) is 22.2. The van der Waals surface area contributed by atoms with Crippen molar-refractivity contribution in [1.82, 2.24) is 10.3 Å². The molecule has 6 nitrogen and oxygen atoms in total. The summed E-state index contributed by atoms with van der Waals surface area (Å²) in [5.41, 5.74) is 0.321. The van der Waals surface area contributed by atoms with Crippen LogP contribution in [0.2, 0.25) is 5.02 Å². The molecule has 1 aromatic heterocycles. The minimum absolute atomic E-state index is 0.0139. The topological polar surface area (TPSA) is 85.1 Å². The van der Waals surface area contributed by atoms with Gasteiger partial charge in [-0.05, 0) is 34.6 Å². The van der Waals surface area contributed by atoms with Crippen molar-refractivity contribution in [2.45, 2.75) is 0 Å². The van der Waals surface area contributed by atoms with Crippen LogP contribution in [0.15, 0.2) is 28.9 Å². The van der Waals surface area contributed by atoms with Crippen molar-refractivity contribution in [2.24, 2.45) is 0 Å². The number of nitrogens with one attached hydrogen (secondary N) is 1. The number of nitrogens with zero attached hydrogens (tertiary/aromatic N) is 2. The van der Waals surface area contributed by atoms with Crippen LogP contribution in [0.1, 0.15) is 20.8 Å². The lowest BCUT2D eigenvalue weighted by Crippen LogP contribution is -2.13. The van der Waals surface area contributed by atoms with Crippen LogP contribution >= 0.6 is 11.6 Å². The van der Waals surface area contributed by atoms with Gasteiger partial charge < -0.3 is 5.32 Å². The molecule has 0 spiro atoms. The van der Waals surface area contributed by atoms with Gasteiger partial charge in [0.2, 0.25) is 5.82 Å². The van der Waals surface area contributed by atoms with Gasteiger partial charge in [0.1, 0.15) is 0 Å². The third-order valence-corrected chi connectivity index (χ3v) is 2.22. The Balaban J connectivity index is 2.17. The van der Waals surface area contributed by atoms with E-state index in [1.165, 1.54) is 0 Å². The molecule has 0 saturated carbocycles. The van der Waals surface area contributed by atoms with Crippen molar-refractivity contribution in [3.8, 4) is 0 Å². The maximum atomic E-state index is 11.7. The van der Waals surface area contributed by atoms with Crippen LogP contribution in [0, 0.1) is 0 Å². The molecule has 2 rings (SSSR count). The average molecular weight is 252 g/mol. The van der Waals surface area contributed by atoms with Crippen LogP contribution in [-0.2, 0) is 0 Å². The Hall–Kier alpha value is -2.21. The molecule has 0 atom stereocenters. The standard InChI is InChI=1S/C10H6ClN3O3/c11-7-3-1-6(2-4-7)10(16)12-9-8(5-15)13-17-14-9/h1-5H,(H,12,14,16). The van der Waals surface area contributed by atoms with Gasteiger partial charge in [-0.3, -0.25) is 9.59 Å². The van der Waals surface area contributed by atoms with E-state index in [2.05, 4.69) is 20.3 Å². The minimum Gasteiger partial charge on any atom is -0.302 e. The number of rotatable bonds is 3. The Bertz CT molecular complexity index is 550. The molecule has 0 fully saturated rings. The molecule has 1 aromatic carbocycles. The molecule has 1 amide bonds. The zero-order valence-electron chi connectivity index (χ0n) is 8.38. The number of anilines is 1. The predicted octanol–water partition coefficient (Wildman–Crippen LogP) is 1.79. The third kappa shape index (κ3) is 2.48. The highest BCUT2D eigenvalue weighted by Crippen LogP contribution is 2.12. The second-order valence-electron chi connectivity index (χ2n) is 3.08. The van der Waals surface area contributed by atoms with Gasteiger partial charge in [-0.15, -0.1) is 0 Å². The van der Waals surface area contributed by atoms with E-state index in [9.17, 15) is 9.59 Å². The summed E-state index contributed by atoms with van der Waals surface area (Å²) in [5.74, 6) is -0.444. The Morgan fingerprint density at radius 3 is 2.65 bits per heavy atom. The van der Waals surface area contributed by atoms with Crippen molar-refractivity contribution in [3.63, 3.8) is 0 Å².